The van der Waals surface area contributed by atoms with E-state index in [0.29, 0.717) is 19.3 Å². The minimum Gasteiger partial charge on any atom is -0.394 e. The number of benzene rings is 1. The Bertz CT molecular complexity index is 355. The molecule has 1 aromatic rings. The lowest BCUT2D eigenvalue weighted by Crippen LogP contribution is -2.27. The zero-order valence-corrected chi connectivity index (χ0v) is 10.5. The van der Waals surface area contributed by atoms with Crippen molar-refractivity contribution in [1.82, 2.24) is 4.90 Å². The maximum atomic E-state index is 12.9. The van der Waals surface area contributed by atoms with Crippen LogP contribution in [0.4, 0.5) is 4.39 Å². The summed E-state index contributed by atoms with van der Waals surface area (Å²) in [6.07, 6.45) is 2.29. The van der Waals surface area contributed by atoms with Crippen LogP contribution in [-0.2, 0) is 4.74 Å². The molecule has 2 rings (SSSR count). The molecule has 1 saturated heterocycles. The fourth-order valence-corrected chi connectivity index (χ4v) is 2.50. The van der Waals surface area contributed by atoms with Crippen LogP contribution in [0.1, 0.15) is 24.4 Å². The van der Waals surface area contributed by atoms with Gasteiger partial charge in [-0.15, -0.1) is 0 Å². The number of rotatable bonds is 6. The summed E-state index contributed by atoms with van der Waals surface area (Å²) in [5.41, 5.74) is 1.18. The Labute approximate surface area is 107 Å². The molecule has 1 heterocycles. The summed E-state index contributed by atoms with van der Waals surface area (Å²) >= 11 is 0. The summed E-state index contributed by atoms with van der Waals surface area (Å²) in [5, 5.41) is 8.64. The molecule has 0 saturated carbocycles. The molecule has 0 spiro atoms. The summed E-state index contributed by atoms with van der Waals surface area (Å²) in [7, 11) is 0. The smallest absolute Gasteiger partial charge is 0.123 e. The first kappa shape index (κ1) is 13.5. The molecule has 4 heteroatoms. The highest BCUT2D eigenvalue weighted by Crippen LogP contribution is 2.31. The molecule has 0 bridgehead atoms. The van der Waals surface area contributed by atoms with E-state index in [4.69, 9.17) is 9.84 Å². The standard InChI is InChI=1S/C14H20FNO2/c15-13-5-3-12(4-6-13)14-2-1-7-16(14)8-10-18-11-9-17/h3-6,14,17H,1-2,7-11H2. The Morgan fingerprint density at radius 2 is 2.06 bits per heavy atom. The van der Waals surface area contributed by atoms with Crippen LogP contribution >= 0.6 is 0 Å². The number of aliphatic hydroxyl groups excluding tert-OH is 1. The highest BCUT2D eigenvalue weighted by molar-refractivity contribution is 5.20. The second-order valence-corrected chi connectivity index (χ2v) is 4.58. The molecule has 0 radical (unpaired) electrons. The summed E-state index contributed by atoms with van der Waals surface area (Å²) in [4.78, 5) is 2.37. The fraction of sp³-hybridized carbons (Fsp3) is 0.571. The molecular formula is C14H20FNO2. The molecule has 3 nitrogen and oxygen atoms in total. The van der Waals surface area contributed by atoms with Crippen molar-refractivity contribution >= 4 is 0 Å². The second kappa shape index (κ2) is 6.83. The number of aliphatic hydroxyl groups is 1. The van der Waals surface area contributed by atoms with Crippen LogP contribution in [0.5, 0.6) is 0 Å². The zero-order valence-electron chi connectivity index (χ0n) is 10.5. The van der Waals surface area contributed by atoms with Crippen molar-refractivity contribution in [3.8, 4) is 0 Å². The second-order valence-electron chi connectivity index (χ2n) is 4.58. The monoisotopic (exact) mass is 253 g/mol. The van der Waals surface area contributed by atoms with Crippen LogP contribution in [-0.4, -0.2) is 42.9 Å². The lowest BCUT2D eigenvalue weighted by atomic mass is 10.0. The number of hydrogen-bond acceptors (Lipinski definition) is 3. The molecule has 1 N–H and O–H groups in total. The van der Waals surface area contributed by atoms with Gasteiger partial charge in [0.1, 0.15) is 5.82 Å². The van der Waals surface area contributed by atoms with Gasteiger partial charge >= 0.3 is 0 Å². The Morgan fingerprint density at radius 1 is 1.28 bits per heavy atom. The third-order valence-electron chi connectivity index (χ3n) is 3.38. The van der Waals surface area contributed by atoms with E-state index in [0.717, 1.165) is 19.5 Å². The summed E-state index contributed by atoms with van der Waals surface area (Å²) in [6.45, 7) is 3.03. The predicted molar refractivity (Wildman–Crippen MR) is 67.9 cm³/mol. The number of nitrogens with zero attached hydrogens (tertiary/aromatic N) is 1. The van der Waals surface area contributed by atoms with Gasteiger partial charge < -0.3 is 9.84 Å². The van der Waals surface area contributed by atoms with Gasteiger partial charge in [-0.2, -0.15) is 0 Å². The van der Waals surface area contributed by atoms with Gasteiger partial charge in [0.2, 0.25) is 0 Å². The van der Waals surface area contributed by atoms with E-state index >= 15 is 0 Å². The highest BCUT2D eigenvalue weighted by atomic mass is 19.1. The summed E-state index contributed by atoms with van der Waals surface area (Å²) in [5.74, 6) is -0.186. The van der Waals surface area contributed by atoms with Crippen LogP contribution in [0.2, 0.25) is 0 Å². The van der Waals surface area contributed by atoms with Crippen LogP contribution in [0.25, 0.3) is 0 Å². The van der Waals surface area contributed by atoms with Gasteiger partial charge in [-0.05, 0) is 37.1 Å². The van der Waals surface area contributed by atoms with Crippen LogP contribution in [0.15, 0.2) is 24.3 Å². The van der Waals surface area contributed by atoms with Gasteiger partial charge in [0.15, 0.2) is 0 Å². The van der Waals surface area contributed by atoms with Crippen LogP contribution in [0.3, 0.4) is 0 Å². The van der Waals surface area contributed by atoms with Crippen molar-refractivity contribution in [3.63, 3.8) is 0 Å². The Balaban J connectivity index is 1.88. The van der Waals surface area contributed by atoms with E-state index in [2.05, 4.69) is 4.90 Å². The van der Waals surface area contributed by atoms with Gasteiger partial charge in [-0.25, -0.2) is 4.39 Å². The van der Waals surface area contributed by atoms with E-state index in [-0.39, 0.29) is 12.4 Å². The van der Waals surface area contributed by atoms with E-state index in [1.54, 1.807) is 0 Å². The van der Waals surface area contributed by atoms with Crippen LogP contribution in [0, 0.1) is 5.82 Å². The minimum atomic E-state index is -0.186. The first-order valence-corrected chi connectivity index (χ1v) is 6.49. The van der Waals surface area contributed by atoms with Gasteiger partial charge in [0.25, 0.3) is 0 Å². The third-order valence-corrected chi connectivity index (χ3v) is 3.38. The highest BCUT2D eigenvalue weighted by Gasteiger charge is 2.25. The largest absolute Gasteiger partial charge is 0.394 e. The molecule has 1 aromatic carbocycles. The molecule has 0 amide bonds. The maximum Gasteiger partial charge on any atom is 0.123 e. The number of likely N-dealkylation sites (tertiary alicyclic amines) is 1. The van der Waals surface area contributed by atoms with Crippen molar-refractivity contribution in [2.45, 2.75) is 18.9 Å². The van der Waals surface area contributed by atoms with Gasteiger partial charge in [0, 0.05) is 12.6 Å². The molecule has 1 unspecified atom stereocenters. The maximum absolute atomic E-state index is 12.9. The van der Waals surface area contributed by atoms with E-state index in [9.17, 15) is 4.39 Å². The SMILES string of the molecule is OCCOCCN1CCCC1c1ccc(F)cc1. The van der Waals surface area contributed by atoms with Crippen LogP contribution < -0.4 is 0 Å². The first-order chi connectivity index (χ1) is 8.81. The summed E-state index contributed by atoms with van der Waals surface area (Å²) < 4.78 is 18.2. The Hall–Kier alpha value is -0.970. The number of hydrogen-bond donors (Lipinski definition) is 1. The molecule has 18 heavy (non-hydrogen) atoms. The Morgan fingerprint density at radius 3 is 2.78 bits per heavy atom. The lowest BCUT2D eigenvalue weighted by molar-refractivity contribution is 0.0709. The molecular weight excluding hydrogens is 233 g/mol. The normalized spacial score (nSPS) is 20.4. The third kappa shape index (κ3) is 3.51. The first-order valence-electron chi connectivity index (χ1n) is 6.49. The van der Waals surface area contributed by atoms with Gasteiger partial charge in [0.05, 0.1) is 19.8 Å². The van der Waals surface area contributed by atoms with Crippen molar-refractivity contribution in [1.29, 1.82) is 0 Å². The van der Waals surface area contributed by atoms with E-state index < -0.39 is 0 Å². The molecule has 1 aliphatic heterocycles. The summed E-state index contributed by atoms with van der Waals surface area (Å²) in [6, 6.07) is 7.16. The molecule has 0 aliphatic carbocycles. The van der Waals surface area contributed by atoms with E-state index in [1.165, 1.54) is 24.1 Å². The molecule has 1 atom stereocenters. The van der Waals surface area contributed by atoms with Crippen molar-refractivity contribution in [2.75, 3.05) is 32.9 Å². The van der Waals surface area contributed by atoms with Crippen molar-refractivity contribution in [2.24, 2.45) is 0 Å². The van der Waals surface area contributed by atoms with Crippen molar-refractivity contribution < 1.29 is 14.2 Å². The zero-order chi connectivity index (χ0) is 12.8. The molecule has 100 valence electrons. The fourth-order valence-electron chi connectivity index (χ4n) is 2.50. The molecule has 1 fully saturated rings. The number of halogens is 1. The van der Waals surface area contributed by atoms with Gasteiger partial charge in [-0.1, -0.05) is 12.1 Å². The Kier molecular flexibility index (Phi) is 5.11. The lowest BCUT2D eigenvalue weighted by Gasteiger charge is -2.24. The van der Waals surface area contributed by atoms with Gasteiger partial charge in [-0.3, -0.25) is 4.90 Å². The quantitative estimate of drug-likeness (QED) is 0.787. The van der Waals surface area contributed by atoms with Crippen molar-refractivity contribution in [3.05, 3.63) is 35.6 Å². The minimum absolute atomic E-state index is 0.0708. The average molecular weight is 253 g/mol. The van der Waals surface area contributed by atoms with E-state index in [1.807, 2.05) is 12.1 Å². The molecule has 0 aromatic heterocycles. The predicted octanol–water partition coefficient (Wildman–Crippen LogP) is 1.97. The number of ether oxygens (including phenoxy) is 1. The molecule has 1 aliphatic rings. The average Bonchev–Trinajstić information content (AvgIpc) is 2.84. The topological polar surface area (TPSA) is 32.7 Å².